The molecule has 0 radical (unpaired) electrons. The van der Waals surface area contributed by atoms with Gasteiger partial charge in [-0.25, -0.2) is 0 Å². The third kappa shape index (κ3) is 2.32. The van der Waals surface area contributed by atoms with Crippen LogP contribution in [0.2, 0.25) is 0 Å². The molecule has 0 aliphatic carbocycles. The zero-order valence-electron chi connectivity index (χ0n) is 11.5. The van der Waals surface area contributed by atoms with Gasteiger partial charge in [-0.15, -0.1) is 0 Å². The number of fused-ring (bicyclic) bond motifs is 2. The van der Waals surface area contributed by atoms with E-state index in [1.165, 1.54) is 26.6 Å². The minimum absolute atomic E-state index is 0.193. The summed E-state index contributed by atoms with van der Waals surface area (Å²) in [6.45, 7) is 0. The predicted molar refractivity (Wildman–Crippen MR) is 88.9 cm³/mol. The smallest absolute Gasteiger partial charge is 0.0778 e. The summed E-state index contributed by atoms with van der Waals surface area (Å²) in [5.41, 5.74) is 3.83. The van der Waals surface area contributed by atoms with Gasteiger partial charge in [-0.05, 0) is 29.3 Å². The van der Waals surface area contributed by atoms with E-state index in [4.69, 9.17) is 0 Å². The van der Waals surface area contributed by atoms with Crippen LogP contribution in [-0.2, 0) is 0 Å². The maximum atomic E-state index is 3.71. The third-order valence-electron chi connectivity index (χ3n) is 3.77. The summed E-state index contributed by atoms with van der Waals surface area (Å²) in [6, 6.07) is 28.0. The molecule has 3 aromatic carbocycles. The van der Waals surface area contributed by atoms with Gasteiger partial charge >= 0.3 is 0 Å². The second-order valence-corrected chi connectivity index (χ2v) is 6.21. The number of rotatable bonds is 1. The van der Waals surface area contributed by atoms with Crippen LogP contribution in [0.1, 0.15) is 17.2 Å². The summed E-state index contributed by atoms with van der Waals surface area (Å²) in [5.74, 6) is 0. The van der Waals surface area contributed by atoms with Gasteiger partial charge in [-0.3, -0.25) is 0 Å². The molecule has 0 bridgehead atoms. The molecule has 0 aromatic heterocycles. The van der Waals surface area contributed by atoms with Crippen molar-refractivity contribution in [2.24, 2.45) is 0 Å². The van der Waals surface area contributed by atoms with Crippen LogP contribution in [-0.4, -0.2) is 0 Å². The van der Waals surface area contributed by atoms with Crippen LogP contribution >= 0.6 is 11.8 Å². The molecule has 1 heterocycles. The number of benzene rings is 3. The molecule has 21 heavy (non-hydrogen) atoms. The second kappa shape index (κ2) is 5.30. The molecular weight excluding hydrogens is 274 g/mol. The van der Waals surface area contributed by atoms with E-state index in [1.54, 1.807) is 0 Å². The summed E-state index contributed by atoms with van der Waals surface area (Å²) in [4.78, 5) is 2.60. The highest BCUT2D eigenvalue weighted by Gasteiger charge is 2.22. The Balaban J connectivity index is 1.90. The normalized spacial score (nSPS) is 16.3. The number of hydrogen-bond donors (Lipinski definition) is 1. The highest BCUT2D eigenvalue weighted by Crippen LogP contribution is 2.43. The molecule has 0 amide bonds. The minimum atomic E-state index is 0.193. The summed E-state index contributed by atoms with van der Waals surface area (Å²) < 4.78 is 0. The fraction of sp³-hybridized carbons (Fsp3) is 0.0526. The first kappa shape index (κ1) is 12.5. The SMILES string of the molecule is c1ccc([C@H]2Nc3ccccc3Sc3ccccc32)cc1. The van der Waals surface area contributed by atoms with Crippen LogP contribution in [0.15, 0.2) is 88.7 Å². The van der Waals surface area contributed by atoms with Gasteiger partial charge in [-0.2, -0.15) is 0 Å². The lowest BCUT2D eigenvalue weighted by Crippen LogP contribution is -2.12. The van der Waals surface area contributed by atoms with E-state index in [0.717, 1.165) is 0 Å². The lowest BCUT2D eigenvalue weighted by Gasteiger charge is -2.20. The van der Waals surface area contributed by atoms with E-state index in [9.17, 15) is 0 Å². The number of anilines is 1. The van der Waals surface area contributed by atoms with Crippen molar-refractivity contribution >= 4 is 17.4 Å². The summed E-state index contributed by atoms with van der Waals surface area (Å²) >= 11 is 1.84. The van der Waals surface area contributed by atoms with Gasteiger partial charge in [0.2, 0.25) is 0 Å². The fourth-order valence-corrected chi connectivity index (χ4v) is 3.82. The number of nitrogens with one attached hydrogen (secondary N) is 1. The van der Waals surface area contributed by atoms with Crippen molar-refractivity contribution in [1.82, 2.24) is 0 Å². The van der Waals surface area contributed by atoms with E-state index in [-0.39, 0.29) is 6.04 Å². The predicted octanol–water partition coefficient (Wildman–Crippen LogP) is 5.35. The average molecular weight is 289 g/mol. The zero-order valence-corrected chi connectivity index (χ0v) is 12.3. The van der Waals surface area contributed by atoms with Gasteiger partial charge in [0, 0.05) is 15.5 Å². The van der Waals surface area contributed by atoms with Gasteiger partial charge < -0.3 is 5.32 Å². The molecule has 0 fully saturated rings. The highest BCUT2D eigenvalue weighted by atomic mass is 32.2. The first-order chi connectivity index (χ1) is 10.4. The van der Waals surface area contributed by atoms with Crippen LogP contribution < -0.4 is 5.32 Å². The van der Waals surface area contributed by atoms with Crippen LogP contribution in [0.3, 0.4) is 0 Å². The first-order valence-corrected chi connectivity index (χ1v) is 7.91. The lowest BCUT2D eigenvalue weighted by atomic mass is 9.98. The molecule has 3 aromatic rings. The highest BCUT2D eigenvalue weighted by molar-refractivity contribution is 7.99. The van der Waals surface area contributed by atoms with E-state index >= 15 is 0 Å². The molecule has 1 aliphatic rings. The Hall–Kier alpha value is -2.19. The largest absolute Gasteiger partial charge is 0.373 e. The van der Waals surface area contributed by atoms with Crippen molar-refractivity contribution in [1.29, 1.82) is 0 Å². The van der Waals surface area contributed by atoms with Gasteiger partial charge in [0.15, 0.2) is 0 Å². The average Bonchev–Trinajstić information content (AvgIpc) is 2.72. The van der Waals surface area contributed by atoms with Crippen molar-refractivity contribution in [3.05, 3.63) is 90.0 Å². The van der Waals surface area contributed by atoms with Crippen LogP contribution in [0.25, 0.3) is 0 Å². The monoisotopic (exact) mass is 289 g/mol. The summed E-state index contributed by atoms with van der Waals surface area (Å²) in [6.07, 6.45) is 0. The van der Waals surface area contributed by atoms with Crippen molar-refractivity contribution in [2.45, 2.75) is 15.8 Å². The van der Waals surface area contributed by atoms with Crippen molar-refractivity contribution < 1.29 is 0 Å². The van der Waals surface area contributed by atoms with E-state index < -0.39 is 0 Å². The third-order valence-corrected chi connectivity index (χ3v) is 4.94. The van der Waals surface area contributed by atoms with E-state index in [2.05, 4.69) is 84.2 Å². The van der Waals surface area contributed by atoms with Crippen LogP contribution in [0.5, 0.6) is 0 Å². The Morgan fingerprint density at radius 3 is 2.19 bits per heavy atom. The van der Waals surface area contributed by atoms with E-state index in [1.807, 2.05) is 11.8 Å². The molecule has 4 rings (SSSR count). The molecule has 0 saturated heterocycles. The van der Waals surface area contributed by atoms with Crippen molar-refractivity contribution in [2.75, 3.05) is 5.32 Å². The molecule has 102 valence electrons. The van der Waals surface area contributed by atoms with Crippen molar-refractivity contribution in [3.63, 3.8) is 0 Å². The topological polar surface area (TPSA) is 12.0 Å². The lowest BCUT2D eigenvalue weighted by molar-refractivity contribution is 0.913. The Bertz CT molecular complexity index is 767. The van der Waals surface area contributed by atoms with Gasteiger partial charge in [-0.1, -0.05) is 72.4 Å². The molecule has 2 heteroatoms. The summed E-state index contributed by atoms with van der Waals surface area (Å²) in [5, 5.41) is 3.71. The molecule has 1 nitrogen and oxygen atoms in total. The maximum Gasteiger partial charge on any atom is 0.0778 e. The standard InChI is InChI=1S/C19H15NS/c1-2-8-14(9-3-1)19-15-10-4-6-12-17(15)21-18-13-7-5-11-16(18)20-19/h1-13,19-20H/t19-/m1/s1. The Labute approximate surface area is 129 Å². The van der Waals surface area contributed by atoms with Gasteiger partial charge in [0.25, 0.3) is 0 Å². The van der Waals surface area contributed by atoms with Crippen LogP contribution in [0, 0.1) is 0 Å². The molecule has 0 spiro atoms. The van der Waals surface area contributed by atoms with Gasteiger partial charge in [0.05, 0.1) is 6.04 Å². The fourth-order valence-electron chi connectivity index (χ4n) is 2.75. The Morgan fingerprint density at radius 1 is 0.667 bits per heavy atom. The molecule has 1 aliphatic heterocycles. The Kier molecular flexibility index (Phi) is 3.17. The molecular formula is C19H15NS. The molecule has 0 unspecified atom stereocenters. The Morgan fingerprint density at radius 2 is 1.33 bits per heavy atom. The molecule has 1 N–H and O–H groups in total. The van der Waals surface area contributed by atoms with Gasteiger partial charge in [0.1, 0.15) is 0 Å². The quantitative estimate of drug-likeness (QED) is 0.648. The van der Waals surface area contributed by atoms with E-state index in [0.29, 0.717) is 0 Å². The number of hydrogen-bond acceptors (Lipinski definition) is 2. The maximum absolute atomic E-state index is 3.71. The zero-order chi connectivity index (χ0) is 14.1. The minimum Gasteiger partial charge on any atom is -0.373 e. The first-order valence-electron chi connectivity index (χ1n) is 7.09. The second-order valence-electron chi connectivity index (χ2n) is 5.12. The van der Waals surface area contributed by atoms with Crippen molar-refractivity contribution in [3.8, 4) is 0 Å². The molecule has 1 atom stereocenters. The summed E-state index contributed by atoms with van der Waals surface area (Å²) in [7, 11) is 0. The van der Waals surface area contributed by atoms with Crippen LogP contribution in [0.4, 0.5) is 5.69 Å². The number of para-hydroxylation sites is 1. The molecule has 0 saturated carbocycles.